The lowest BCUT2D eigenvalue weighted by atomic mass is 10.2. The molecular weight excluding hydrogens is 246 g/mol. The van der Waals surface area contributed by atoms with Crippen LogP contribution in [-0.4, -0.2) is 35.1 Å². The minimum absolute atomic E-state index is 0.225. The van der Waals surface area contributed by atoms with Crippen molar-refractivity contribution in [3.8, 4) is 0 Å². The van der Waals surface area contributed by atoms with Crippen molar-refractivity contribution < 1.29 is 14.3 Å². The zero-order valence-electron chi connectivity index (χ0n) is 11.5. The number of nitrogens with two attached hydrogens (primary N) is 1. The Morgan fingerprint density at radius 2 is 2.42 bits per heavy atom. The molecule has 0 aliphatic carbocycles. The molecular formula is C13H21N3O3. The second-order valence-electron chi connectivity index (χ2n) is 4.72. The van der Waals surface area contributed by atoms with Crippen LogP contribution in [0.5, 0.6) is 0 Å². The van der Waals surface area contributed by atoms with Crippen LogP contribution in [0.4, 0.5) is 5.69 Å². The van der Waals surface area contributed by atoms with Crippen LogP contribution in [0.25, 0.3) is 0 Å². The topological polar surface area (TPSA) is 79.4 Å². The van der Waals surface area contributed by atoms with E-state index in [1.165, 1.54) is 0 Å². The van der Waals surface area contributed by atoms with Crippen molar-refractivity contribution >= 4 is 11.7 Å². The molecule has 0 saturated carbocycles. The third kappa shape index (κ3) is 3.07. The number of aromatic nitrogens is 2. The van der Waals surface area contributed by atoms with Crippen molar-refractivity contribution in [2.75, 3.05) is 18.9 Å². The number of carbonyl (C=O) groups is 1. The lowest BCUT2D eigenvalue weighted by Gasteiger charge is -2.10. The number of hydrogen-bond donors (Lipinski definition) is 1. The van der Waals surface area contributed by atoms with Gasteiger partial charge in [-0.25, -0.2) is 4.79 Å². The summed E-state index contributed by atoms with van der Waals surface area (Å²) in [5.74, 6) is -0.405. The lowest BCUT2D eigenvalue weighted by molar-refractivity contribution is 0.0375. The first-order valence-corrected chi connectivity index (χ1v) is 6.75. The zero-order valence-corrected chi connectivity index (χ0v) is 11.5. The molecule has 1 fully saturated rings. The molecule has 2 rings (SSSR count). The first-order chi connectivity index (χ1) is 9.13. The van der Waals surface area contributed by atoms with E-state index in [0.717, 1.165) is 25.9 Å². The number of ether oxygens (including phenoxy) is 2. The number of hydrogen-bond acceptors (Lipinski definition) is 5. The molecule has 106 valence electrons. The number of anilines is 1. The smallest absolute Gasteiger partial charge is 0.358 e. The molecule has 0 amide bonds. The number of nitrogen functional groups attached to an aromatic ring is 1. The summed E-state index contributed by atoms with van der Waals surface area (Å²) in [6.07, 6.45) is 3.10. The Kier molecular flexibility index (Phi) is 4.42. The Bertz CT molecular complexity index is 450. The van der Waals surface area contributed by atoms with Gasteiger partial charge in [0.25, 0.3) is 0 Å². The Morgan fingerprint density at radius 3 is 3.05 bits per heavy atom. The molecule has 1 saturated heterocycles. The highest BCUT2D eigenvalue weighted by Gasteiger charge is 2.21. The van der Waals surface area contributed by atoms with Crippen LogP contribution in [0, 0.1) is 6.92 Å². The van der Waals surface area contributed by atoms with E-state index < -0.39 is 5.97 Å². The van der Waals surface area contributed by atoms with E-state index in [9.17, 15) is 4.79 Å². The Hall–Kier alpha value is -1.56. The van der Waals surface area contributed by atoms with Crippen molar-refractivity contribution in [1.82, 2.24) is 9.78 Å². The highest BCUT2D eigenvalue weighted by molar-refractivity contribution is 5.93. The fourth-order valence-electron chi connectivity index (χ4n) is 2.26. The van der Waals surface area contributed by atoms with Gasteiger partial charge in [-0.3, -0.25) is 4.68 Å². The fourth-order valence-corrected chi connectivity index (χ4v) is 2.26. The van der Waals surface area contributed by atoms with Gasteiger partial charge in [0.2, 0.25) is 0 Å². The normalized spacial score (nSPS) is 18.7. The van der Waals surface area contributed by atoms with Gasteiger partial charge in [-0.2, -0.15) is 5.10 Å². The van der Waals surface area contributed by atoms with Crippen LogP contribution < -0.4 is 5.73 Å². The van der Waals surface area contributed by atoms with E-state index in [1.807, 2.05) is 6.92 Å². The summed E-state index contributed by atoms with van der Waals surface area (Å²) in [5, 5.41) is 4.20. The highest BCUT2D eigenvalue weighted by Crippen LogP contribution is 2.19. The summed E-state index contributed by atoms with van der Waals surface area (Å²) in [4.78, 5) is 12.0. The van der Waals surface area contributed by atoms with Crippen molar-refractivity contribution in [2.45, 2.75) is 45.8 Å². The third-order valence-electron chi connectivity index (χ3n) is 3.36. The molecule has 1 aromatic rings. The predicted octanol–water partition coefficient (Wildman–Crippen LogP) is 1.52. The molecule has 0 bridgehead atoms. The molecule has 2 N–H and O–H groups in total. The molecule has 6 heteroatoms. The molecule has 2 heterocycles. The number of esters is 1. The van der Waals surface area contributed by atoms with Gasteiger partial charge in [0, 0.05) is 19.6 Å². The fraction of sp³-hybridized carbons (Fsp3) is 0.692. The maximum absolute atomic E-state index is 12.0. The molecule has 0 spiro atoms. The summed E-state index contributed by atoms with van der Waals surface area (Å²) in [6.45, 7) is 5.46. The van der Waals surface area contributed by atoms with Gasteiger partial charge in [0.05, 0.1) is 24.1 Å². The minimum Gasteiger partial charge on any atom is -0.461 e. The van der Waals surface area contributed by atoms with E-state index >= 15 is 0 Å². The van der Waals surface area contributed by atoms with E-state index in [2.05, 4.69) is 5.10 Å². The van der Waals surface area contributed by atoms with Crippen molar-refractivity contribution in [2.24, 2.45) is 0 Å². The van der Waals surface area contributed by atoms with Gasteiger partial charge in [0.15, 0.2) is 5.69 Å². The first kappa shape index (κ1) is 13.9. The minimum atomic E-state index is -0.405. The third-order valence-corrected chi connectivity index (χ3v) is 3.36. The van der Waals surface area contributed by atoms with Gasteiger partial charge in [-0.1, -0.05) is 0 Å². The average Bonchev–Trinajstić information content (AvgIpc) is 2.99. The molecule has 1 aliphatic heterocycles. The van der Waals surface area contributed by atoms with Crippen LogP contribution in [0.3, 0.4) is 0 Å². The van der Waals surface area contributed by atoms with Crippen LogP contribution in [0.15, 0.2) is 0 Å². The second-order valence-corrected chi connectivity index (χ2v) is 4.72. The summed E-state index contributed by atoms with van der Waals surface area (Å²) in [6, 6.07) is 0. The van der Waals surface area contributed by atoms with Gasteiger partial charge in [0.1, 0.15) is 0 Å². The van der Waals surface area contributed by atoms with Crippen LogP contribution in [-0.2, 0) is 16.0 Å². The van der Waals surface area contributed by atoms with Crippen molar-refractivity contribution in [3.63, 3.8) is 0 Å². The van der Waals surface area contributed by atoms with Gasteiger partial charge in [-0.05, 0) is 26.7 Å². The SMILES string of the molecule is CCn1nc(C)c(N)c1C(=O)OCCC1CCCO1. The Balaban J connectivity index is 1.92. The predicted molar refractivity (Wildman–Crippen MR) is 70.9 cm³/mol. The van der Waals surface area contributed by atoms with E-state index in [0.29, 0.717) is 30.2 Å². The van der Waals surface area contributed by atoms with Gasteiger partial charge < -0.3 is 15.2 Å². The second kappa shape index (κ2) is 6.06. The van der Waals surface area contributed by atoms with Crippen LogP contribution in [0.1, 0.15) is 42.4 Å². The first-order valence-electron chi connectivity index (χ1n) is 6.75. The van der Waals surface area contributed by atoms with Crippen molar-refractivity contribution in [1.29, 1.82) is 0 Å². The molecule has 1 atom stereocenters. The van der Waals surface area contributed by atoms with Crippen LogP contribution >= 0.6 is 0 Å². The zero-order chi connectivity index (χ0) is 13.8. The summed E-state index contributed by atoms with van der Waals surface area (Å²) >= 11 is 0. The van der Waals surface area contributed by atoms with Crippen molar-refractivity contribution in [3.05, 3.63) is 11.4 Å². The highest BCUT2D eigenvalue weighted by atomic mass is 16.5. The number of nitrogens with zero attached hydrogens (tertiary/aromatic N) is 2. The van der Waals surface area contributed by atoms with Crippen LogP contribution in [0.2, 0.25) is 0 Å². The molecule has 6 nitrogen and oxygen atoms in total. The Morgan fingerprint density at radius 1 is 1.63 bits per heavy atom. The molecule has 1 aliphatic rings. The van der Waals surface area contributed by atoms with E-state index in [4.69, 9.17) is 15.2 Å². The monoisotopic (exact) mass is 267 g/mol. The van der Waals surface area contributed by atoms with Gasteiger partial charge in [-0.15, -0.1) is 0 Å². The molecule has 0 aromatic carbocycles. The van der Waals surface area contributed by atoms with Gasteiger partial charge >= 0.3 is 5.97 Å². The Labute approximate surface area is 112 Å². The average molecular weight is 267 g/mol. The molecule has 1 aromatic heterocycles. The summed E-state index contributed by atoms with van der Waals surface area (Å²) in [5.41, 5.74) is 7.29. The largest absolute Gasteiger partial charge is 0.461 e. The molecule has 1 unspecified atom stereocenters. The maximum Gasteiger partial charge on any atom is 0.358 e. The number of rotatable bonds is 5. The lowest BCUT2D eigenvalue weighted by Crippen LogP contribution is -2.17. The standard InChI is InChI=1S/C13H21N3O3/c1-3-16-12(11(14)9(2)15-16)13(17)19-8-6-10-5-4-7-18-10/h10H,3-8,14H2,1-2H3. The quantitative estimate of drug-likeness (QED) is 0.818. The molecule has 0 radical (unpaired) electrons. The number of aryl methyl sites for hydroxylation is 2. The molecule has 19 heavy (non-hydrogen) atoms. The number of carbonyl (C=O) groups excluding carboxylic acids is 1. The maximum atomic E-state index is 12.0. The van der Waals surface area contributed by atoms with E-state index in [-0.39, 0.29) is 6.10 Å². The summed E-state index contributed by atoms with van der Waals surface area (Å²) < 4.78 is 12.3. The summed E-state index contributed by atoms with van der Waals surface area (Å²) in [7, 11) is 0. The van der Waals surface area contributed by atoms with E-state index in [1.54, 1.807) is 11.6 Å².